The summed E-state index contributed by atoms with van der Waals surface area (Å²) >= 11 is 0. The van der Waals surface area contributed by atoms with Crippen molar-refractivity contribution in [3.05, 3.63) is 47.5 Å². The molecule has 2 nitrogen and oxygen atoms in total. The molecule has 0 N–H and O–H groups in total. The molecule has 1 aromatic rings. The lowest BCUT2D eigenvalue weighted by Crippen LogP contribution is -2.23. The SMILES string of the molecule is O=C1CC[C@H]2C1=CCC[C@@H]2COCc1ccccc1. The number of benzene rings is 1. The number of fused-ring (bicyclic) bond motifs is 1. The van der Waals surface area contributed by atoms with Crippen LogP contribution in [-0.4, -0.2) is 12.4 Å². The van der Waals surface area contributed by atoms with Gasteiger partial charge in [0.15, 0.2) is 5.78 Å². The summed E-state index contributed by atoms with van der Waals surface area (Å²) in [4.78, 5) is 11.7. The van der Waals surface area contributed by atoms with Crippen molar-refractivity contribution >= 4 is 5.78 Å². The minimum absolute atomic E-state index is 0.373. The number of hydrogen-bond donors (Lipinski definition) is 0. The van der Waals surface area contributed by atoms with E-state index in [9.17, 15) is 4.79 Å². The molecule has 0 bridgehead atoms. The topological polar surface area (TPSA) is 26.3 Å². The highest BCUT2D eigenvalue weighted by Crippen LogP contribution is 2.40. The van der Waals surface area contributed by atoms with E-state index in [2.05, 4.69) is 18.2 Å². The minimum Gasteiger partial charge on any atom is -0.376 e. The molecule has 0 amide bonds. The minimum atomic E-state index is 0.373. The van der Waals surface area contributed by atoms with E-state index >= 15 is 0 Å². The second kappa shape index (κ2) is 5.70. The first-order valence-corrected chi connectivity index (χ1v) is 7.19. The number of rotatable bonds is 4. The van der Waals surface area contributed by atoms with Gasteiger partial charge in [-0.2, -0.15) is 0 Å². The van der Waals surface area contributed by atoms with Crippen molar-refractivity contribution in [3.8, 4) is 0 Å². The Bertz CT molecular complexity index is 475. The van der Waals surface area contributed by atoms with Crippen molar-refractivity contribution in [2.24, 2.45) is 11.8 Å². The average molecular weight is 256 g/mol. The number of ketones is 1. The molecule has 3 rings (SSSR count). The molecule has 2 aliphatic carbocycles. The predicted octanol–water partition coefficient (Wildman–Crippen LogP) is 3.52. The van der Waals surface area contributed by atoms with Crippen molar-refractivity contribution in [3.63, 3.8) is 0 Å². The van der Waals surface area contributed by atoms with Crippen LogP contribution in [-0.2, 0) is 16.1 Å². The van der Waals surface area contributed by atoms with Crippen LogP contribution in [0, 0.1) is 11.8 Å². The molecule has 0 radical (unpaired) electrons. The molecule has 2 heteroatoms. The van der Waals surface area contributed by atoms with Crippen LogP contribution in [0.25, 0.3) is 0 Å². The second-order valence-corrected chi connectivity index (χ2v) is 5.57. The number of carbonyl (C=O) groups is 1. The summed E-state index contributed by atoms with van der Waals surface area (Å²) in [7, 11) is 0. The molecule has 1 saturated carbocycles. The zero-order valence-corrected chi connectivity index (χ0v) is 11.2. The Morgan fingerprint density at radius 2 is 2.00 bits per heavy atom. The Morgan fingerprint density at radius 1 is 1.16 bits per heavy atom. The van der Waals surface area contributed by atoms with E-state index in [1.54, 1.807) is 0 Å². The van der Waals surface area contributed by atoms with E-state index in [0.29, 0.717) is 24.2 Å². The van der Waals surface area contributed by atoms with Crippen LogP contribution in [0.1, 0.15) is 31.2 Å². The Labute approximate surface area is 114 Å². The summed E-state index contributed by atoms with van der Waals surface area (Å²) < 4.78 is 5.86. The summed E-state index contributed by atoms with van der Waals surface area (Å²) in [6.45, 7) is 1.46. The van der Waals surface area contributed by atoms with Gasteiger partial charge in [0.05, 0.1) is 13.2 Å². The fourth-order valence-corrected chi connectivity index (χ4v) is 3.30. The largest absolute Gasteiger partial charge is 0.376 e. The molecule has 2 aliphatic rings. The first kappa shape index (κ1) is 12.6. The average Bonchev–Trinajstić information content (AvgIpc) is 2.83. The van der Waals surface area contributed by atoms with Gasteiger partial charge in [0.1, 0.15) is 0 Å². The number of allylic oxidation sites excluding steroid dienone is 2. The molecular formula is C17H20O2. The summed E-state index contributed by atoms with van der Waals surface area (Å²) in [5.74, 6) is 1.38. The molecule has 0 saturated heterocycles. The summed E-state index contributed by atoms with van der Waals surface area (Å²) in [5, 5.41) is 0. The normalized spacial score (nSPS) is 26.1. The van der Waals surface area contributed by atoms with Gasteiger partial charge in [-0.1, -0.05) is 36.4 Å². The Morgan fingerprint density at radius 3 is 2.84 bits per heavy atom. The van der Waals surface area contributed by atoms with E-state index in [1.165, 1.54) is 5.56 Å². The molecule has 0 spiro atoms. The molecule has 1 fully saturated rings. The van der Waals surface area contributed by atoms with E-state index in [4.69, 9.17) is 4.74 Å². The zero-order valence-electron chi connectivity index (χ0n) is 11.2. The van der Waals surface area contributed by atoms with Crippen LogP contribution in [0.2, 0.25) is 0 Å². The Balaban J connectivity index is 1.54. The van der Waals surface area contributed by atoms with Crippen LogP contribution in [0.5, 0.6) is 0 Å². The van der Waals surface area contributed by atoms with Crippen molar-refractivity contribution in [1.82, 2.24) is 0 Å². The van der Waals surface area contributed by atoms with Gasteiger partial charge in [-0.15, -0.1) is 0 Å². The quantitative estimate of drug-likeness (QED) is 0.824. The number of Topliss-reactive ketones (excluding diaryl/α,β-unsaturated/α-hetero) is 1. The van der Waals surface area contributed by atoms with Crippen LogP contribution in [0.15, 0.2) is 42.0 Å². The van der Waals surface area contributed by atoms with E-state index in [1.807, 2.05) is 18.2 Å². The fourth-order valence-electron chi connectivity index (χ4n) is 3.30. The van der Waals surface area contributed by atoms with Crippen molar-refractivity contribution in [2.75, 3.05) is 6.61 Å². The fraction of sp³-hybridized carbons (Fsp3) is 0.471. The van der Waals surface area contributed by atoms with Crippen molar-refractivity contribution in [1.29, 1.82) is 0 Å². The highest BCUT2D eigenvalue weighted by molar-refractivity contribution is 5.98. The maximum absolute atomic E-state index is 11.7. The maximum atomic E-state index is 11.7. The Kier molecular flexibility index (Phi) is 3.79. The van der Waals surface area contributed by atoms with Gasteiger partial charge in [0, 0.05) is 6.42 Å². The van der Waals surface area contributed by atoms with Gasteiger partial charge in [0.2, 0.25) is 0 Å². The highest BCUT2D eigenvalue weighted by Gasteiger charge is 2.36. The van der Waals surface area contributed by atoms with Gasteiger partial charge >= 0.3 is 0 Å². The first-order valence-electron chi connectivity index (χ1n) is 7.19. The third-order valence-electron chi connectivity index (χ3n) is 4.32. The monoisotopic (exact) mass is 256 g/mol. The number of carbonyl (C=O) groups excluding carboxylic acids is 1. The summed E-state index contributed by atoms with van der Waals surface area (Å²) in [6, 6.07) is 10.3. The lowest BCUT2D eigenvalue weighted by atomic mass is 9.80. The van der Waals surface area contributed by atoms with Gasteiger partial charge in [-0.05, 0) is 42.2 Å². The highest BCUT2D eigenvalue weighted by atomic mass is 16.5. The predicted molar refractivity (Wildman–Crippen MR) is 74.6 cm³/mol. The Hall–Kier alpha value is -1.41. The number of ether oxygens (including phenoxy) is 1. The number of hydrogen-bond acceptors (Lipinski definition) is 2. The third kappa shape index (κ3) is 2.79. The van der Waals surface area contributed by atoms with Gasteiger partial charge < -0.3 is 4.74 Å². The van der Waals surface area contributed by atoms with E-state index < -0.39 is 0 Å². The van der Waals surface area contributed by atoms with Crippen LogP contribution in [0.3, 0.4) is 0 Å². The molecule has 0 heterocycles. The molecule has 1 aromatic carbocycles. The third-order valence-corrected chi connectivity index (χ3v) is 4.32. The standard InChI is InChI=1S/C17H20O2/c18-17-10-9-15-14(7-4-8-16(15)17)12-19-11-13-5-2-1-3-6-13/h1-3,5-6,8,14-15H,4,7,9-12H2/t14-,15-/m1/s1. The summed E-state index contributed by atoms with van der Waals surface area (Å²) in [6.07, 6.45) is 6.14. The molecule has 19 heavy (non-hydrogen) atoms. The first-order chi connectivity index (χ1) is 9.34. The maximum Gasteiger partial charge on any atom is 0.158 e. The lowest BCUT2D eigenvalue weighted by Gasteiger charge is -2.27. The van der Waals surface area contributed by atoms with Gasteiger partial charge in [-0.25, -0.2) is 0 Å². The molecule has 2 atom stereocenters. The molecule has 100 valence electrons. The smallest absolute Gasteiger partial charge is 0.158 e. The molecule has 0 aliphatic heterocycles. The van der Waals surface area contributed by atoms with Crippen LogP contribution >= 0.6 is 0 Å². The van der Waals surface area contributed by atoms with Gasteiger partial charge in [-0.3, -0.25) is 4.79 Å². The van der Waals surface area contributed by atoms with Gasteiger partial charge in [0.25, 0.3) is 0 Å². The van der Waals surface area contributed by atoms with Crippen molar-refractivity contribution < 1.29 is 9.53 Å². The zero-order chi connectivity index (χ0) is 13.1. The van der Waals surface area contributed by atoms with Crippen LogP contribution < -0.4 is 0 Å². The second-order valence-electron chi connectivity index (χ2n) is 5.57. The molecule has 0 unspecified atom stereocenters. The lowest BCUT2D eigenvalue weighted by molar-refractivity contribution is -0.114. The molecular weight excluding hydrogens is 236 g/mol. The van der Waals surface area contributed by atoms with Crippen molar-refractivity contribution in [2.45, 2.75) is 32.3 Å². The van der Waals surface area contributed by atoms with Crippen LogP contribution in [0.4, 0.5) is 0 Å². The summed E-state index contributed by atoms with van der Waals surface area (Å²) in [5.41, 5.74) is 2.32. The molecule has 0 aromatic heterocycles. The van der Waals surface area contributed by atoms with E-state index in [-0.39, 0.29) is 0 Å². The van der Waals surface area contributed by atoms with E-state index in [0.717, 1.165) is 37.9 Å².